The molecule has 0 aliphatic carbocycles. The smallest absolute Gasteiger partial charge is 0.228 e. The molecule has 2 rings (SSSR count). The van der Waals surface area contributed by atoms with E-state index >= 15 is 0 Å². The minimum absolute atomic E-state index is 0.180. The van der Waals surface area contributed by atoms with Gasteiger partial charge in [-0.25, -0.2) is 0 Å². The summed E-state index contributed by atoms with van der Waals surface area (Å²) in [6.07, 6.45) is 1.38. The van der Waals surface area contributed by atoms with Crippen LogP contribution in [0.25, 0.3) is 0 Å². The number of carbonyl (C=O) groups is 3. The zero-order valence-electron chi connectivity index (χ0n) is 13.1. The average Bonchev–Trinajstić information content (AvgIpc) is 2.57. The topological polar surface area (TPSA) is 99.3 Å². The summed E-state index contributed by atoms with van der Waals surface area (Å²) in [7, 11) is 1.74. The molecule has 0 aromatic heterocycles. The van der Waals surface area contributed by atoms with Crippen LogP contribution in [0.15, 0.2) is 42.5 Å². The summed E-state index contributed by atoms with van der Waals surface area (Å²) in [6, 6.07) is 12.2. The van der Waals surface area contributed by atoms with Crippen LogP contribution in [0.4, 0.5) is 22.7 Å². The standard InChI is InChI=1S/C17H18N4O3/c1-18-15-7-6-14(9-16(15)20-11-23)21-17(24)8-12-2-4-13(5-3-12)19-10-22/h2-7,9-11,18H,8H2,1H3,(H,19,22)(H,20,23)(H,21,24). The number of benzene rings is 2. The Morgan fingerprint density at radius 3 is 2.21 bits per heavy atom. The minimum Gasteiger partial charge on any atom is -0.386 e. The van der Waals surface area contributed by atoms with Gasteiger partial charge in [0.1, 0.15) is 0 Å². The van der Waals surface area contributed by atoms with Crippen LogP contribution in [0.3, 0.4) is 0 Å². The highest BCUT2D eigenvalue weighted by molar-refractivity contribution is 5.94. The fourth-order valence-electron chi connectivity index (χ4n) is 2.20. The molecule has 0 spiro atoms. The molecule has 0 radical (unpaired) electrons. The minimum atomic E-state index is -0.180. The first kappa shape index (κ1) is 17.0. The summed E-state index contributed by atoms with van der Waals surface area (Å²) in [5.41, 5.74) is 3.40. The van der Waals surface area contributed by atoms with E-state index in [1.165, 1.54) is 0 Å². The van der Waals surface area contributed by atoms with E-state index < -0.39 is 0 Å². The first-order valence-electron chi connectivity index (χ1n) is 7.27. The highest BCUT2D eigenvalue weighted by Gasteiger charge is 2.07. The van der Waals surface area contributed by atoms with Crippen molar-refractivity contribution in [3.05, 3.63) is 48.0 Å². The number of rotatable bonds is 8. The first-order chi connectivity index (χ1) is 11.7. The van der Waals surface area contributed by atoms with Crippen molar-refractivity contribution in [2.75, 3.05) is 28.3 Å². The molecule has 3 amide bonds. The molecule has 0 atom stereocenters. The molecule has 124 valence electrons. The molecule has 0 bridgehead atoms. The van der Waals surface area contributed by atoms with Crippen LogP contribution in [0.2, 0.25) is 0 Å². The van der Waals surface area contributed by atoms with E-state index in [1.807, 2.05) is 0 Å². The molecule has 4 N–H and O–H groups in total. The normalized spacial score (nSPS) is 9.71. The van der Waals surface area contributed by atoms with Gasteiger partial charge in [-0.2, -0.15) is 0 Å². The lowest BCUT2D eigenvalue weighted by atomic mass is 10.1. The highest BCUT2D eigenvalue weighted by atomic mass is 16.1. The third-order valence-corrected chi connectivity index (χ3v) is 3.33. The Kier molecular flexibility index (Phi) is 5.90. The van der Waals surface area contributed by atoms with Gasteiger partial charge >= 0.3 is 0 Å². The number of hydrogen-bond acceptors (Lipinski definition) is 4. The molecule has 24 heavy (non-hydrogen) atoms. The predicted molar refractivity (Wildman–Crippen MR) is 94.1 cm³/mol. The van der Waals surface area contributed by atoms with Gasteiger partial charge in [0.25, 0.3) is 0 Å². The molecule has 7 nitrogen and oxygen atoms in total. The lowest BCUT2D eigenvalue weighted by Gasteiger charge is -2.11. The molecule has 0 unspecified atom stereocenters. The number of hydrogen-bond donors (Lipinski definition) is 4. The van der Waals surface area contributed by atoms with Crippen molar-refractivity contribution >= 4 is 41.5 Å². The third kappa shape index (κ3) is 4.57. The molecule has 2 aromatic rings. The molecule has 0 fully saturated rings. The summed E-state index contributed by atoms with van der Waals surface area (Å²) in [4.78, 5) is 33.1. The lowest BCUT2D eigenvalue weighted by molar-refractivity contribution is -0.115. The molecular weight excluding hydrogens is 308 g/mol. The maximum Gasteiger partial charge on any atom is 0.228 e. The predicted octanol–water partition coefficient (Wildman–Crippen LogP) is 2.05. The second-order valence-electron chi connectivity index (χ2n) is 4.96. The molecule has 0 saturated carbocycles. The van der Waals surface area contributed by atoms with Gasteiger partial charge in [0.2, 0.25) is 18.7 Å². The van der Waals surface area contributed by atoms with Gasteiger partial charge in [0, 0.05) is 18.4 Å². The summed E-state index contributed by atoms with van der Waals surface area (Å²) < 4.78 is 0. The van der Waals surface area contributed by atoms with Crippen LogP contribution in [-0.2, 0) is 20.8 Å². The van der Waals surface area contributed by atoms with Gasteiger partial charge in [-0.3, -0.25) is 14.4 Å². The summed E-state index contributed by atoms with van der Waals surface area (Å²) in [5.74, 6) is -0.180. The molecule has 2 aromatic carbocycles. The number of anilines is 4. The first-order valence-corrected chi connectivity index (χ1v) is 7.27. The Labute approximate surface area is 139 Å². The van der Waals surface area contributed by atoms with E-state index in [0.29, 0.717) is 29.9 Å². The van der Waals surface area contributed by atoms with E-state index in [-0.39, 0.29) is 12.3 Å². The number of amides is 3. The fourth-order valence-corrected chi connectivity index (χ4v) is 2.20. The maximum absolute atomic E-state index is 12.1. The van der Waals surface area contributed by atoms with Gasteiger partial charge in [0.05, 0.1) is 17.8 Å². The van der Waals surface area contributed by atoms with Gasteiger partial charge < -0.3 is 21.3 Å². The Balaban J connectivity index is 2.02. The van der Waals surface area contributed by atoms with Crippen LogP contribution in [0.5, 0.6) is 0 Å². The van der Waals surface area contributed by atoms with Gasteiger partial charge in [-0.15, -0.1) is 0 Å². The molecule has 0 heterocycles. The number of carbonyl (C=O) groups excluding carboxylic acids is 3. The van der Waals surface area contributed by atoms with Gasteiger partial charge in [-0.1, -0.05) is 12.1 Å². The van der Waals surface area contributed by atoms with Crippen molar-refractivity contribution in [2.24, 2.45) is 0 Å². The second-order valence-corrected chi connectivity index (χ2v) is 4.96. The van der Waals surface area contributed by atoms with Crippen molar-refractivity contribution in [3.63, 3.8) is 0 Å². The van der Waals surface area contributed by atoms with Crippen LogP contribution >= 0.6 is 0 Å². The maximum atomic E-state index is 12.1. The monoisotopic (exact) mass is 326 g/mol. The highest BCUT2D eigenvalue weighted by Crippen LogP contribution is 2.25. The average molecular weight is 326 g/mol. The second kappa shape index (κ2) is 8.33. The summed E-state index contributed by atoms with van der Waals surface area (Å²) >= 11 is 0. The molecule has 0 aliphatic rings. The quantitative estimate of drug-likeness (QED) is 0.558. The van der Waals surface area contributed by atoms with Crippen molar-refractivity contribution in [1.82, 2.24) is 0 Å². The lowest BCUT2D eigenvalue weighted by Crippen LogP contribution is -2.14. The van der Waals surface area contributed by atoms with E-state index in [2.05, 4.69) is 21.3 Å². The summed E-state index contributed by atoms with van der Waals surface area (Å²) in [6.45, 7) is 0. The van der Waals surface area contributed by atoms with Gasteiger partial charge in [-0.05, 0) is 35.9 Å². The van der Waals surface area contributed by atoms with Crippen molar-refractivity contribution in [2.45, 2.75) is 6.42 Å². The van der Waals surface area contributed by atoms with Crippen molar-refractivity contribution in [1.29, 1.82) is 0 Å². The van der Waals surface area contributed by atoms with Gasteiger partial charge in [0.15, 0.2) is 0 Å². The fraction of sp³-hybridized carbons (Fsp3) is 0.118. The van der Waals surface area contributed by atoms with Crippen LogP contribution < -0.4 is 21.3 Å². The van der Waals surface area contributed by atoms with E-state index in [1.54, 1.807) is 49.5 Å². The van der Waals surface area contributed by atoms with E-state index in [0.717, 1.165) is 11.3 Å². The molecule has 7 heteroatoms. The summed E-state index contributed by atoms with van der Waals surface area (Å²) in [5, 5.41) is 10.9. The zero-order valence-corrected chi connectivity index (χ0v) is 13.1. The largest absolute Gasteiger partial charge is 0.386 e. The number of nitrogens with one attached hydrogen (secondary N) is 4. The van der Waals surface area contributed by atoms with Crippen molar-refractivity contribution in [3.8, 4) is 0 Å². The van der Waals surface area contributed by atoms with E-state index in [4.69, 9.17) is 0 Å². The van der Waals surface area contributed by atoms with Crippen LogP contribution in [-0.4, -0.2) is 25.8 Å². The Bertz CT molecular complexity index is 729. The Hall–Kier alpha value is -3.35. The van der Waals surface area contributed by atoms with Crippen LogP contribution in [0, 0.1) is 0 Å². The molecule has 0 aliphatic heterocycles. The Morgan fingerprint density at radius 1 is 0.917 bits per heavy atom. The van der Waals surface area contributed by atoms with Crippen molar-refractivity contribution < 1.29 is 14.4 Å². The molecule has 0 saturated heterocycles. The Morgan fingerprint density at radius 2 is 1.58 bits per heavy atom. The zero-order chi connectivity index (χ0) is 17.4. The SMILES string of the molecule is CNc1ccc(NC(=O)Cc2ccc(NC=O)cc2)cc1NC=O. The molecular formula is C17H18N4O3. The van der Waals surface area contributed by atoms with E-state index in [9.17, 15) is 14.4 Å². The third-order valence-electron chi connectivity index (χ3n) is 3.33. The van der Waals surface area contributed by atoms with Crippen LogP contribution in [0.1, 0.15) is 5.56 Å².